The van der Waals surface area contributed by atoms with E-state index < -0.39 is 5.60 Å². The molecule has 3 N–H and O–H groups in total. The van der Waals surface area contributed by atoms with Crippen molar-refractivity contribution in [1.29, 1.82) is 0 Å². The number of aliphatic hydroxyl groups is 1. The molecule has 1 aromatic heterocycles. The summed E-state index contributed by atoms with van der Waals surface area (Å²) in [6.45, 7) is 6.70. The van der Waals surface area contributed by atoms with Crippen LogP contribution >= 0.6 is 11.3 Å². The highest BCUT2D eigenvalue weighted by atomic mass is 32.1. The van der Waals surface area contributed by atoms with Gasteiger partial charge in [-0.1, -0.05) is 18.2 Å². The third-order valence-electron chi connectivity index (χ3n) is 3.61. The highest BCUT2D eigenvalue weighted by molar-refractivity contribution is 7.10. The fourth-order valence-electron chi connectivity index (χ4n) is 2.26. The molecule has 0 fully saturated rings. The summed E-state index contributed by atoms with van der Waals surface area (Å²) < 4.78 is 5.60. The number of nitrogens with one attached hydrogen (secondary N) is 2. The maximum atomic E-state index is 12.0. The SMILES string of the molecule is CCOc1cc(C)ccc1CNC(=O)NCC(C)(O)c1cccs1. The van der Waals surface area contributed by atoms with Crippen molar-refractivity contribution >= 4 is 17.4 Å². The van der Waals surface area contributed by atoms with Gasteiger partial charge < -0.3 is 20.5 Å². The normalized spacial score (nSPS) is 13.2. The van der Waals surface area contributed by atoms with Crippen molar-refractivity contribution in [1.82, 2.24) is 10.6 Å². The number of amides is 2. The molecule has 130 valence electrons. The van der Waals surface area contributed by atoms with Crippen LogP contribution in [0.25, 0.3) is 0 Å². The Kier molecular flexibility index (Phi) is 6.23. The van der Waals surface area contributed by atoms with Crippen molar-refractivity contribution in [2.75, 3.05) is 13.2 Å². The monoisotopic (exact) mass is 348 g/mol. The molecule has 2 aromatic rings. The van der Waals surface area contributed by atoms with Crippen LogP contribution in [0.5, 0.6) is 5.75 Å². The Morgan fingerprint density at radius 1 is 1.33 bits per heavy atom. The molecule has 0 aliphatic heterocycles. The second kappa shape index (κ2) is 8.17. The summed E-state index contributed by atoms with van der Waals surface area (Å²) in [5.41, 5.74) is 0.951. The quantitative estimate of drug-likeness (QED) is 0.720. The zero-order valence-electron chi connectivity index (χ0n) is 14.3. The van der Waals surface area contributed by atoms with E-state index in [1.807, 2.05) is 49.6 Å². The maximum absolute atomic E-state index is 12.0. The Morgan fingerprint density at radius 3 is 2.79 bits per heavy atom. The summed E-state index contributed by atoms with van der Waals surface area (Å²) in [5.74, 6) is 0.781. The van der Waals surface area contributed by atoms with Crippen LogP contribution in [0.1, 0.15) is 29.9 Å². The Hall–Kier alpha value is -2.05. The van der Waals surface area contributed by atoms with Gasteiger partial charge in [0.2, 0.25) is 0 Å². The zero-order chi connectivity index (χ0) is 17.6. The van der Waals surface area contributed by atoms with Crippen molar-refractivity contribution in [3.63, 3.8) is 0 Å². The van der Waals surface area contributed by atoms with Crippen molar-refractivity contribution < 1.29 is 14.6 Å². The van der Waals surface area contributed by atoms with Crippen LogP contribution in [0.3, 0.4) is 0 Å². The summed E-state index contributed by atoms with van der Waals surface area (Å²) >= 11 is 1.46. The number of hydrogen-bond acceptors (Lipinski definition) is 4. The van der Waals surface area contributed by atoms with E-state index in [0.717, 1.165) is 21.8 Å². The number of aryl methyl sites for hydroxylation is 1. The molecule has 0 saturated heterocycles. The molecule has 6 heteroatoms. The van der Waals surface area contributed by atoms with Crippen molar-refractivity contribution in [3.05, 3.63) is 51.7 Å². The van der Waals surface area contributed by atoms with Gasteiger partial charge in [0.15, 0.2) is 0 Å². The van der Waals surface area contributed by atoms with Crippen molar-refractivity contribution in [2.24, 2.45) is 0 Å². The molecule has 0 spiro atoms. The van der Waals surface area contributed by atoms with E-state index in [4.69, 9.17) is 4.74 Å². The Labute approximate surface area is 146 Å². The van der Waals surface area contributed by atoms with Crippen molar-refractivity contribution in [2.45, 2.75) is 32.9 Å². The molecule has 2 rings (SSSR count). The van der Waals surface area contributed by atoms with Crippen LogP contribution in [-0.2, 0) is 12.1 Å². The number of hydrogen-bond donors (Lipinski definition) is 3. The van der Waals surface area contributed by atoms with Crippen molar-refractivity contribution in [3.8, 4) is 5.75 Å². The molecule has 0 aliphatic rings. The van der Waals surface area contributed by atoms with E-state index >= 15 is 0 Å². The average Bonchev–Trinajstić information content (AvgIpc) is 3.08. The van der Waals surface area contributed by atoms with Gasteiger partial charge >= 0.3 is 6.03 Å². The smallest absolute Gasteiger partial charge is 0.315 e. The minimum atomic E-state index is -1.08. The van der Waals surface area contributed by atoms with Gasteiger partial charge in [0.25, 0.3) is 0 Å². The van der Waals surface area contributed by atoms with Gasteiger partial charge in [-0.15, -0.1) is 11.3 Å². The summed E-state index contributed by atoms with van der Waals surface area (Å²) in [4.78, 5) is 12.8. The molecule has 1 heterocycles. The van der Waals surface area contributed by atoms with Gasteiger partial charge in [0.05, 0.1) is 13.2 Å². The third-order valence-corrected chi connectivity index (χ3v) is 4.73. The molecule has 0 aliphatic carbocycles. The second-order valence-corrected chi connectivity index (χ2v) is 6.78. The Bertz CT molecular complexity index is 669. The van der Waals surface area contributed by atoms with Crippen LogP contribution in [-0.4, -0.2) is 24.3 Å². The van der Waals surface area contributed by atoms with E-state index in [-0.39, 0.29) is 12.6 Å². The number of benzene rings is 1. The van der Waals surface area contributed by atoms with Gasteiger partial charge in [0, 0.05) is 17.0 Å². The highest BCUT2D eigenvalue weighted by Gasteiger charge is 2.24. The number of ether oxygens (including phenoxy) is 1. The second-order valence-electron chi connectivity index (χ2n) is 5.83. The summed E-state index contributed by atoms with van der Waals surface area (Å²) in [6, 6.07) is 9.29. The fourth-order valence-corrected chi connectivity index (χ4v) is 3.05. The van der Waals surface area contributed by atoms with Gasteiger partial charge in [-0.05, 0) is 43.8 Å². The van der Waals surface area contributed by atoms with Gasteiger partial charge in [-0.2, -0.15) is 0 Å². The lowest BCUT2D eigenvalue weighted by molar-refractivity contribution is 0.0631. The average molecular weight is 348 g/mol. The predicted octanol–water partition coefficient (Wildman–Crippen LogP) is 3.16. The van der Waals surface area contributed by atoms with E-state index in [1.54, 1.807) is 6.92 Å². The molecule has 5 nitrogen and oxygen atoms in total. The third kappa shape index (κ3) is 4.97. The lowest BCUT2D eigenvalue weighted by Crippen LogP contribution is -2.42. The lowest BCUT2D eigenvalue weighted by atomic mass is 10.1. The van der Waals surface area contributed by atoms with E-state index in [0.29, 0.717) is 13.2 Å². The number of carbonyl (C=O) groups excluding carboxylic acids is 1. The minimum absolute atomic E-state index is 0.144. The summed E-state index contributed by atoms with van der Waals surface area (Å²) in [5, 5.41) is 17.8. The lowest BCUT2D eigenvalue weighted by Gasteiger charge is -2.22. The first kappa shape index (κ1) is 18.3. The topological polar surface area (TPSA) is 70.6 Å². The van der Waals surface area contributed by atoms with E-state index in [9.17, 15) is 9.90 Å². The molecule has 0 saturated carbocycles. The first-order valence-electron chi connectivity index (χ1n) is 7.93. The molecule has 1 unspecified atom stereocenters. The van der Waals surface area contributed by atoms with E-state index in [1.165, 1.54) is 11.3 Å². The molecule has 1 aromatic carbocycles. The van der Waals surface area contributed by atoms with Crippen LogP contribution in [0.15, 0.2) is 35.7 Å². The Balaban J connectivity index is 1.87. The summed E-state index contributed by atoms with van der Waals surface area (Å²) in [6.07, 6.45) is 0. The molecule has 1 atom stereocenters. The molecule has 0 radical (unpaired) electrons. The first-order valence-corrected chi connectivity index (χ1v) is 8.80. The molecular formula is C18H24N2O3S. The zero-order valence-corrected chi connectivity index (χ0v) is 15.1. The predicted molar refractivity (Wildman–Crippen MR) is 96.5 cm³/mol. The maximum Gasteiger partial charge on any atom is 0.315 e. The fraction of sp³-hybridized carbons (Fsp3) is 0.389. The minimum Gasteiger partial charge on any atom is -0.494 e. The number of carbonyl (C=O) groups is 1. The van der Waals surface area contributed by atoms with Crippen LogP contribution in [0, 0.1) is 6.92 Å². The summed E-state index contributed by atoms with van der Waals surface area (Å²) in [7, 11) is 0. The number of urea groups is 1. The first-order chi connectivity index (χ1) is 11.4. The van der Waals surface area contributed by atoms with Crippen LogP contribution in [0.4, 0.5) is 4.79 Å². The Morgan fingerprint density at radius 2 is 2.12 bits per heavy atom. The largest absolute Gasteiger partial charge is 0.494 e. The van der Waals surface area contributed by atoms with Gasteiger partial charge in [-0.25, -0.2) is 4.79 Å². The number of thiophene rings is 1. The molecule has 0 bridgehead atoms. The molecule has 24 heavy (non-hydrogen) atoms. The van der Waals surface area contributed by atoms with Gasteiger partial charge in [0.1, 0.15) is 11.4 Å². The standard InChI is InChI=1S/C18H24N2O3S/c1-4-23-15-10-13(2)7-8-14(15)11-19-17(21)20-12-18(3,22)16-6-5-9-24-16/h5-10,22H,4,11-12H2,1-3H3,(H2,19,20,21). The van der Waals surface area contributed by atoms with E-state index in [2.05, 4.69) is 10.6 Å². The number of rotatable bonds is 7. The molecular weight excluding hydrogens is 324 g/mol. The molecule has 2 amide bonds. The van der Waals surface area contributed by atoms with Crippen LogP contribution in [0.2, 0.25) is 0 Å². The highest BCUT2D eigenvalue weighted by Crippen LogP contribution is 2.24. The van der Waals surface area contributed by atoms with Crippen LogP contribution < -0.4 is 15.4 Å². The van der Waals surface area contributed by atoms with Gasteiger partial charge in [-0.3, -0.25) is 0 Å².